The van der Waals surface area contributed by atoms with Gasteiger partial charge in [-0.25, -0.2) is 4.98 Å². The predicted molar refractivity (Wildman–Crippen MR) is 132 cm³/mol. The zero-order valence-corrected chi connectivity index (χ0v) is 21.1. The van der Waals surface area contributed by atoms with E-state index in [-0.39, 0.29) is 30.0 Å². The molecule has 2 aromatic rings. The van der Waals surface area contributed by atoms with Crippen LogP contribution in [0.2, 0.25) is 0 Å². The molecule has 2 aromatic heterocycles. The normalized spacial score (nSPS) is 15.6. The second kappa shape index (κ2) is 11.5. The minimum atomic E-state index is 0. The van der Waals surface area contributed by atoms with Gasteiger partial charge in [0.15, 0.2) is 5.96 Å². The lowest BCUT2D eigenvalue weighted by molar-refractivity contribution is 0.201. The number of nitrogens with one attached hydrogen (secondary N) is 2. The highest BCUT2D eigenvalue weighted by Crippen LogP contribution is 2.23. The van der Waals surface area contributed by atoms with Crippen molar-refractivity contribution in [1.29, 1.82) is 0 Å². The molecule has 8 heteroatoms. The summed E-state index contributed by atoms with van der Waals surface area (Å²) in [5, 5.41) is 11.4. The second-order valence-electron chi connectivity index (χ2n) is 7.97. The van der Waals surface area contributed by atoms with E-state index >= 15 is 0 Å². The predicted octanol–water partition coefficient (Wildman–Crippen LogP) is 3.67. The van der Waals surface area contributed by atoms with E-state index in [1.807, 2.05) is 30.1 Å². The number of hydrogen-bond donors (Lipinski definition) is 2. The van der Waals surface area contributed by atoms with E-state index in [1.54, 1.807) is 7.05 Å². The van der Waals surface area contributed by atoms with Crippen molar-refractivity contribution in [2.75, 3.05) is 7.05 Å². The summed E-state index contributed by atoms with van der Waals surface area (Å²) in [4.78, 5) is 8.73. The Hall–Kier alpha value is -1.84. The van der Waals surface area contributed by atoms with Gasteiger partial charge in [-0.3, -0.25) is 9.67 Å². The van der Waals surface area contributed by atoms with Crippen LogP contribution in [-0.4, -0.2) is 39.9 Å². The average Bonchev–Trinajstić information content (AvgIpc) is 3.29. The van der Waals surface area contributed by atoms with Gasteiger partial charge >= 0.3 is 0 Å². The molecule has 0 saturated heterocycles. The van der Waals surface area contributed by atoms with Crippen LogP contribution in [0.15, 0.2) is 23.3 Å². The van der Waals surface area contributed by atoms with Crippen LogP contribution in [0.1, 0.15) is 55.1 Å². The molecule has 0 amide bonds. The van der Waals surface area contributed by atoms with E-state index in [0.29, 0.717) is 12.6 Å². The van der Waals surface area contributed by atoms with Gasteiger partial charge in [0.2, 0.25) is 5.88 Å². The molecule has 0 aromatic carbocycles. The van der Waals surface area contributed by atoms with Crippen LogP contribution < -0.4 is 15.4 Å². The first kappa shape index (κ1) is 24.4. The molecule has 0 radical (unpaired) electrons. The number of ether oxygens (including phenoxy) is 1. The molecule has 3 rings (SSSR count). The van der Waals surface area contributed by atoms with Crippen molar-refractivity contribution in [3.05, 3.63) is 40.8 Å². The van der Waals surface area contributed by atoms with E-state index in [4.69, 9.17) is 4.74 Å². The third kappa shape index (κ3) is 6.58. The van der Waals surface area contributed by atoms with Crippen LogP contribution in [0, 0.1) is 13.8 Å². The first-order valence-electron chi connectivity index (χ1n) is 10.5. The Kier molecular flexibility index (Phi) is 9.38. The summed E-state index contributed by atoms with van der Waals surface area (Å²) in [6.45, 7) is 7.01. The summed E-state index contributed by atoms with van der Waals surface area (Å²) >= 11 is 0. The standard InChI is InChI=1S/C22H34N6O.HI/c1-15(12-20-16(2)27-28(5)17(20)3)26-22(23-4)25-14-18-10-11-24-21(13-18)29-19-8-6-7-9-19;/h10-11,13,15,19H,6-9,12,14H2,1-5H3,(H2,23,25,26);1H. The Morgan fingerprint density at radius 1 is 1.33 bits per heavy atom. The van der Waals surface area contributed by atoms with Gasteiger partial charge in [-0.1, -0.05) is 0 Å². The number of aliphatic imine (C=N–C) groups is 1. The fraction of sp³-hybridized carbons (Fsp3) is 0.591. The van der Waals surface area contributed by atoms with E-state index < -0.39 is 0 Å². The number of guanidine groups is 1. The minimum Gasteiger partial charge on any atom is -0.474 e. The van der Waals surface area contributed by atoms with E-state index in [2.05, 4.69) is 46.5 Å². The lowest BCUT2D eigenvalue weighted by atomic mass is 10.1. The van der Waals surface area contributed by atoms with Crippen molar-refractivity contribution in [3.8, 4) is 5.88 Å². The van der Waals surface area contributed by atoms with Crippen molar-refractivity contribution in [2.45, 2.75) is 71.6 Å². The molecule has 1 aliphatic rings. The summed E-state index contributed by atoms with van der Waals surface area (Å²) in [6, 6.07) is 4.26. The Labute approximate surface area is 197 Å². The molecular formula is C22H35IN6O. The molecule has 2 N–H and O–H groups in total. The summed E-state index contributed by atoms with van der Waals surface area (Å²) in [5.41, 5.74) is 4.73. The molecule has 0 spiro atoms. The average molecular weight is 526 g/mol. The highest BCUT2D eigenvalue weighted by Gasteiger charge is 2.17. The van der Waals surface area contributed by atoms with Gasteiger partial charge in [0.25, 0.3) is 0 Å². The molecule has 2 heterocycles. The Balaban J connectivity index is 0.00000320. The third-order valence-corrected chi connectivity index (χ3v) is 5.62. The maximum Gasteiger partial charge on any atom is 0.213 e. The quantitative estimate of drug-likeness (QED) is 0.327. The van der Waals surface area contributed by atoms with Gasteiger partial charge in [0.1, 0.15) is 6.10 Å². The molecule has 30 heavy (non-hydrogen) atoms. The van der Waals surface area contributed by atoms with Crippen LogP contribution in [0.5, 0.6) is 5.88 Å². The lowest BCUT2D eigenvalue weighted by Crippen LogP contribution is -2.42. The summed E-state index contributed by atoms with van der Waals surface area (Å²) < 4.78 is 7.96. The topological polar surface area (TPSA) is 76.4 Å². The van der Waals surface area contributed by atoms with Gasteiger partial charge in [-0.05, 0) is 70.1 Å². The molecule has 1 saturated carbocycles. The summed E-state index contributed by atoms with van der Waals surface area (Å²) in [5.74, 6) is 1.50. The number of aromatic nitrogens is 3. The summed E-state index contributed by atoms with van der Waals surface area (Å²) in [6.07, 6.45) is 7.81. The third-order valence-electron chi connectivity index (χ3n) is 5.62. The molecule has 1 aliphatic carbocycles. The number of halogens is 1. The number of hydrogen-bond acceptors (Lipinski definition) is 4. The van der Waals surface area contributed by atoms with Crippen molar-refractivity contribution >= 4 is 29.9 Å². The smallest absolute Gasteiger partial charge is 0.213 e. The molecule has 1 fully saturated rings. The lowest BCUT2D eigenvalue weighted by Gasteiger charge is -2.18. The van der Waals surface area contributed by atoms with Crippen LogP contribution in [-0.2, 0) is 20.0 Å². The van der Waals surface area contributed by atoms with Gasteiger partial charge < -0.3 is 15.4 Å². The molecule has 0 bridgehead atoms. The largest absolute Gasteiger partial charge is 0.474 e. The van der Waals surface area contributed by atoms with Gasteiger partial charge in [0.05, 0.1) is 5.69 Å². The number of rotatable bonds is 7. The van der Waals surface area contributed by atoms with Crippen molar-refractivity contribution in [1.82, 2.24) is 25.4 Å². The van der Waals surface area contributed by atoms with Crippen LogP contribution in [0.25, 0.3) is 0 Å². The number of nitrogens with zero attached hydrogens (tertiary/aromatic N) is 4. The fourth-order valence-electron chi connectivity index (χ4n) is 3.89. The maximum absolute atomic E-state index is 6.01. The minimum absolute atomic E-state index is 0. The Bertz CT molecular complexity index is 844. The van der Waals surface area contributed by atoms with E-state index in [9.17, 15) is 0 Å². The van der Waals surface area contributed by atoms with Crippen LogP contribution in [0.4, 0.5) is 0 Å². The Morgan fingerprint density at radius 2 is 2.07 bits per heavy atom. The highest BCUT2D eigenvalue weighted by molar-refractivity contribution is 14.0. The molecule has 0 aliphatic heterocycles. The SMILES string of the molecule is CN=C(NCc1ccnc(OC2CCCC2)c1)NC(C)Cc1c(C)nn(C)c1C.I. The van der Waals surface area contributed by atoms with Crippen molar-refractivity contribution in [2.24, 2.45) is 12.0 Å². The highest BCUT2D eigenvalue weighted by atomic mass is 127. The monoisotopic (exact) mass is 526 g/mol. The van der Waals surface area contributed by atoms with Crippen molar-refractivity contribution < 1.29 is 4.74 Å². The molecular weight excluding hydrogens is 491 g/mol. The van der Waals surface area contributed by atoms with Crippen molar-refractivity contribution in [3.63, 3.8) is 0 Å². The van der Waals surface area contributed by atoms with E-state index in [0.717, 1.165) is 42.4 Å². The second-order valence-corrected chi connectivity index (χ2v) is 7.97. The number of pyridine rings is 1. The zero-order chi connectivity index (χ0) is 20.8. The number of aryl methyl sites for hydroxylation is 2. The fourth-order valence-corrected chi connectivity index (χ4v) is 3.89. The summed E-state index contributed by atoms with van der Waals surface area (Å²) in [7, 11) is 3.79. The van der Waals surface area contributed by atoms with E-state index in [1.165, 1.54) is 24.1 Å². The van der Waals surface area contributed by atoms with Gasteiger partial charge in [-0.15, -0.1) is 24.0 Å². The first-order valence-corrected chi connectivity index (χ1v) is 10.5. The molecule has 1 unspecified atom stereocenters. The van der Waals surface area contributed by atoms with Gasteiger partial charge in [0, 0.05) is 44.6 Å². The van der Waals surface area contributed by atoms with Crippen LogP contribution in [0.3, 0.4) is 0 Å². The Morgan fingerprint density at radius 3 is 2.70 bits per heavy atom. The van der Waals surface area contributed by atoms with Crippen LogP contribution >= 0.6 is 24.0 Å². The maximum atomic E-state index is 6.01. The van der Waals surface area contributed by atoms with Gasteiger partial charge in [-0.2, -0.15) is 5.10 Å². The molecule has 1 atom stereocenters. The molecule has 7 nitrogen and oxygen atoms in total. The molecule has 166 valence electrons. The zero-order valence-electron chi connectivity index (χ0n) is 18.7. The first-order chi connectivity index (χ1) is 14.0.